The molecule has 4 N–H and O–H groups in total. The van der Waals surface area contributed by atoms with Crippen LogP contribution in [0, 0.1) is 59.3 Å². The van der Waals surface area contributed by atoms with Crippen LogP contribution in [0.5, 0.6) is 0 Å². The normalized spacial score (nSPS) is 19.2. The van der Waals surface area contributed by atoms with Gasteiger partial charge in [-0.15, -0.1) is 83.2 Å². The second kappa shape index (κ2) is 37.6. The molecule has 10 nitrogen and oxygen atoms in total. The maximum atomic E-state index is 8.56. The average Bonchev–Trinajstić information content (AvgIpc) is 0.883. The van der Waals surface area contributed by atoms with E-state index in [1.165, 1.54) is 135 Å². The first-order chi connectivity index (χ1) is 46.0. The van der Waals surface area contributed by atoms with Gasteiger partial charge >= 0.3 is 40.2 Å². The summed E-state index contributed by atoms with van der Waals surface area (Å²) in [4.78, 5) is 17.4. The van der Waals surface area contributed by atoms with Crippen LogP contribution in [-0.2, 0) is 40.2 Å². The Morgan fingerprint density at radius 1 is 0.449 bits per heavy atom. The first-order valence-corrected chi connectivity index (χ1v) is 35.5. The van der Waals surface area contributed by atoms with Crippen molar-refractivity contribution in [1.29, 1.82) is 0 Å². The minimum atomic E-state index is -0.375. The number of hydrogen-bond donors (Lipinski definition) is 4. The zero-order valence-electron chi connectivity index (χ0n) is 59.8. The summed E-state index contributed by atoms with van der Waals surface area (Å²) < 4.78 is 0. The molecule has 4 aliphatic carbocycles. The van der Waals surface area contributed by atoms with Gasteiger partial charge in [0.05, 0.1) is 24.4 Å². The van der Waals surface area contributed by atoms with Crippen molar-refractivity contribution < 1.29 is 60.6 Å². The van der Waals surface area contributed by atoms with E-state index in [1.807, 2.05) is 157 Å². The van der Waals surface area contributed by atoms with E-state index < -0.39 is 0 Å². The predicted octanol–water partition coefficient (Wildman–Crippen LogP) is 19.8. The zero-order chi connectivity index (χ0) is 68.3. The molecule has 0 amide bonds. The van der Waals surface area contributed by atoms with Crippen molar-refractivity contribution >= 4 is 32.9 Å². The second-order valence-electron chi connectivity index (χ2n) is 30.1. The quantitative estimate of drug-likeness (QED) is 0.0986. The Morgan fingerprint density at radius 3 is 1.15 bits per heavy atom. The topological polar surface area (TPSA) is 120 Å². The minimum Gasteiger partial charge on any atom is -0.510 e. The van der Waals surface area contributed by atoms with E-state index in [0.717, 1.165) is 39.8 Å². The zero-order valence-corrected chi connectivity index (χ0v) is 64.6. The Labute approximate surface area is 615 Å². The van der Waals surface area contributed by atoms with Crippen LogP contribution in [0.25, 0.3) is 44.1 Å². The van der Waals surface area contributed by atoms with E-state index in [2.05, 4.69) is 135 Å². The number of fused-ring (bicyclic) bond motifs is 2. The van der Waals surface area contributed by atoms with Gasteiger partial charge < -0.3 is 50.0 Å². The number of rotatable bonds is 10. The molecule has 0 saturated heterocycles. The van der Waals surface area contributed by atoms with Gasteiger partial charge in [0.25, 0.3) is 0 Å². The maximum absolute atomic E-state index is 8.56. The van der Waals surface area contributed by atoms with Crippen LogP contribution in [0.3, 0.4) is 0 Å². The Balaban J connectivity index is 0.000000181. The summed E-state index contributed by atoms with van der Waals surface area (Å²) in [6, 6.07) is 63.6. The number of aromatic nitrogens is 2. The molecule has 524 valence electrons. The van der Waals surface area contributed by atoms with Gasteiger partial charge in [0.1, 0.15) is 0 Å². The monoisotopic (exact) mass is 1670 g/mol. The summed E-state index contributed by atoms with van der Waals surface area (Å²) in [6.45, 7) is 20.7. The van der Waals surface area contributed by atoms with Crippen molar-refractivity contribution in [3.8, 4) is 22.5 Å². The van der Waals surface area contributed by atoms with Crippen LogP contribution in [-0.4, -0.2) is 78.7 Å². The molecule has 14 rings (SSSR count). The molecule has 0 radical (unpaired) electrons. The van der Waals surface area contributed by atoms with Crippen molar-refractivity contribution in [3.05, 3.63) is 232 Å². The van der Waals surface area contributed by atoms with Crippen LogP contribution < -0.4 is 9.80 Å². The van der Waals surface area contributed by atoms with Crippen LogP contribution in [0.1, 0.15) is 194 Å². The molecule has 8 aromatic rings. The van der Waals surface area contributed by atoms with Gasteiger partial charge in [-0.3, -0.25) is 0 Å². The number of benzene rings is 6. The third-order valence-corrected chi connectivity index (χ3v) is 20.0. The molecule has 98 heavy (non-hydrogen) atoms. The molecule has 4 unspecified atom stereocenters. The summed E-state index contributed by atoms with van der Waals surface area (Å²) in [7, 11) is 4.00. The molecule has 4 fully saturated rings. The van der Waals surface area contributed by atoms with Gasteiger partial charge in [0.15, 0.2) is 0 Å². The van der Waals surface area contributed by atoms with Crippen molar-refractivity contribution in [2.45, 2.75) is 207 Å². The summed E-state index contributed by atoms with van der Waals surface area (Å²) in [6.07, 6.45) is 34.0. The van der Waals surface area contributed by atoms with E-state index in [9.17, 15) is 0 Å². The fourth-order valence-electron chi connectivity index (χ4n) is 16.5. The van der Waals surface area contributed by atoms with Crippen molar-refractivity contribution in [1.82, 2.24) is 19.8 Å². The minimum absolute atomic E-state index is 0. The number of anilines is 2. The molecule has 6 aromatic carbocycles. The van der Waals surface area contributed by atoms with E-state index >= 15 is 0 Å². The van der Waals surface area contributed by atoms with E-state index in [0.29, 0.717) is 40.4 Å². The first-order valence-electron chi connectivity index (χ1n) is 35.5. The number of pyridine rings is 2. The van der Waals surface area contributed by atoms with Crippen LogP contribution in [0.4, 0.5) is 11.4 Å². The molecular formula is C86H108Ir2N6O4. The number of hydrogen-bond acceptors (Lipinski definition) is 10. The second-order valence-corrected chi connectivity index (χ2v) is 30.1. The largest absolute Gasteiger partial charge is 3.00 e. The molecule has 6 aliphatic rings. The van der Waals surface area contributed by atoms with Crippen LogP contribution >= 0.6 is 0 Å². The summed E-state index contributed by atoms with van der Waals surface area (Å²) in [5.74, 6) is 1.44. The standard InChI is InChI=1S/C30H36N.C26H28N.2C10H10N2.2C5H12O2.2Ir/c1-28(2)19-29(3,4)21-30(20-28)15-12-22(13-16-30)24-10-11-26-25(18-24)14-17-31-27(26)23-8-6-5-7-9-23;1-3-7-21(8-4-1)25-24-10-9-22(19-23(24)13-18-27-25)20-11-16-26(17-12-20)14-5-2-6-15-26;2*1-11-7-8-12(9-11)10-5-3-2-4-6-10;2*1-4(6)3-5(2)7;;/h5-8,10-11,14,17-18,22H,12-13,15-16,19-21H2,1-4H3;1,3-4,7,9-10,13,18-20H,2,5-6,11-12,14-17H2;2*2-5,7-9H,1H3;2*4-7H,3H2,1-2H3;;/q2*-1;2*-2;;;2*+3. The van der Waals surface area contributed by atoms with Crippen LogP contribution in [0.15, 0.2) is 183 Å². The van der Waals surface area contributed by atoms with E-state index in [1.54, 1.807) is 27.7 Å². The SMILES string of the molecule is CC(O)CC(C)O.CC(O)CC(C)O.CC1(C)CC(C)(C)CC2(CCC(c3ccc4c(-c5[c-]cccc5)nccc4c3)CC2)C1.CN1C=CN(c2[c-]cccc2)[CH-]1.CN1C=CN(c2[c-]cccc2)[CH-]1.[Ir+3].[Ir+3].[c-]1ccccc1-c1nccc2cc(C3CCC4(CCCCC4)CC3)ccc12. The van der Waals surface area contributed by atoms with Gasteiger partial charge in [0, 0.05) is 12.4 Å². The molecule has 4 atom stereocenters. The summed E-state index contributed by atoms with van der Waals surface area (Å²) in [5.41, 5.74) is 11.7. The predicted molar refractivity (Wildman–Crippen MR) is 398 cm³/mol. The first kappa shape index (κ1) is 79.3. The average molecular weight is 1670 g/mol. The molecule has 4 saturated carbocycles. The fourth-order valence-corrected chi connectivity index (χ4v) is 16.5. The van der Waals surface area contributed by atoms with Crippen molar-refractivity contribution in [2.24, 2.45) is 21.7 Å². The molecule has 0 bridgehead atoms. The molecule has 4 heterocycles. The van der Waals surface area contributed by atoms with Gasteiger partial charge in [0.2, 0.25) is 0 Å². The summed E-state index contributed by atoms with van der Waals surface area (Å²) >= 11 is 0. The summed E-state index contributed by atoms with van der Waals surface area (Å²) in [5, 5.41) is 39.3. The van der Waals surface area contributed by atoms with E-state index in [4.69, 9.17) is 20.4 Å². The molecule has 2 aromatic heterocycles. The van der Waals surface area contributed by atoms with Crippen molar-refractivity contribution in [3.63, 3.8) is 0 Å². The Hall–Kier alpha value is -6.04. The van der Waals surface area contributed by atoms with Gasteiger partial charge in [-0.2, -0.15) is 74.0 Å². The molecule has 2 spiro atoms. The van der Waals surface area contributed by atoms with Gasteiger partial charge in [-0.1, -0.05) is 83.4 Å². The number of para-hydroxylation sites is 2. The Kier molecular flexibility index (Phi) is 30.4. The molecule has 12 heteroatoms. The molecule has 2 aliphatic heterocycles. The van der Waals surface area contributed by atoms with Crippen molar-refractivity contribution in [2.75, 3.05) is 23.9 Å². The van der Waals surface area contributed by atoms with Gasteiger partial charge in [-0.25, -0.2) is 0 Å². The number of aliphatic hydroxyl groups is 4. The third kappa shape index (κ3) is 23.5. The maximum Gasteiger partial charge on any atom is 3.00 e. The smallest absolute Gasteiger partial charge is 0.510 e. The fraction of sp³-hybridized carbons (Fsp3) is 0.442. The Morgan fingerprint density at radius 2 is 0.827 bits per heavy atom. The van der Waals surface area contributed by atoms with Gasteiger partial charge in [-0.05, 0) is 253 Å². The third-order valence-electron chi connectivity index (χ3n) is 20.0. The van der Waals surface area contributed by atoms with Crippen LogP contribution in [0.2, 0.25) is 0 Å². The number of nitrogens with zero attached hydrogens (tertiary/aromatic N) is 6. The Bertz CT molecular complexity index is 3570. The number of aliphatic hydroxyl groups excluding tert-OH is 4. The molecular weight excluding hydrogens is 1570 g/mol. The van der Waals surface area contributed by atoms with E-state index in [-0.39, 0.29) is 64.6 Å².